The quantitative estimate of drug-likeness (QED) is 0.536. The number of aromatic nitrogens is 1. The summed E-state index contributed by atoms with van der Waals surface area (Å²) in [5.74, 6) is 1.13. The number of benzene rings is 1. The van der Waals surface area contributed by atoms with Gasteiger partial charge in [0.1, 0.15) is 0 Å². The van der Waals surface area contributed by atoms with E-state index in [1.54, 1.807) is 24.4 Å². The van der Waals surface area contributed by atoms with Gasteiger partial charge in [-0.05, 0) is 63.9 Å². The maximum absolute atomic E-state index is 12.1. The molecular weight excluding hydrogens is 409 g/mol. The van der Waals surface area contributed by atoms with Crippen molar-refractivity contribution in [1.29, 1.82) is 0 Å². The molecule has 2 heterocycles. The number of rotatable bonds is 9. The van der Waals surface area contributed by atoms with E-state index in [1.807, 2.05) is 0 Å². The van der Waals surface area contributed by atoms with Crippen LogP contribution in [0.1, 0.15) is 51.3 Å². The summed E-state index contributed by atoms with van der Waals surface area (Å²) in [5, 5.41) is 4.07. The van der Waals surface area contributed by atoms with Crippen LogP contribution in [0.5, 0.6) is 0 Å². The van der Waals surface area contributed by atoms with Gasteiger partial charge in [-0.1, -0.05) is 29.6 Å². The molecule has 3 rings (SSSR count). The second kappa shape index (κ2) is 11.0. The lowest BCUT2D eigenvalue weighted by Crippen LogP contribution is -2.38. The van der Waals surface area contributed by atoms with E-state index in [0.717, 1.165) is 31.5 Å². The average Bonchev–Trinajstić information content (AvgIpc) is 3.16. The Kier molecular flexibility index (Phi) is 8.40. The summed E-state index contributed by atoms with van der Waals surface area (Å²) in [5.41, 5.74) is 0.738. The molecule has 158 valence electrons. The van der Waals surface area contributed by atoms with Crippen LogP contribution in [0.4, 0.5) is 0 Å². The molecule has 0 radical (unpaired) electrons. The summed E-state index contributed by atoms with van der Waals surface area (Å²) in [4.78, 5) is 18.9. The predicted octanol–water partition coefficient (Wildman–Crippen LogP) is 5.35. The third-order valence-corrected chi connectivity index (χ3v) is 6.00. The van der Waals surface area contributed by atoms with Crippen molar-refractivity contribution in [2.45, 2.75) is 57.9 Å². The van der Waals surface area contributed by atoms with Crippen LogP contribution >= 0.6 is 23.2 Å². The predicted molar refractivity (Wildman–Crippen MR) is 117 cm³/mol. The van der Waals surface area contributed by atoms with E-state index in [-0.39, 0.29) is 5.91 Å². The zero-order valence-corrected chi connectivity index (χ0v) is 18.4. The van der Waals surface area contributed by atoms with E-state index in [2.05, 4.69) is 22.1 Å². The molecule has 0 bridgehead atoms. The van der Waals surface area contributed by atoms with Gasteiger partial charge in [0.05, 0.1) is 11.2 Å². The first-order chi connectivity index (χ1) is 14.0. The van der Waals surface area contributed by atoms with Crippen LogP contribution in [0.25, 0.3) is 11.3 Å². The Morgan fingerprint density at radius 2 is 2.17 bits per heavy atom. The maximum Gasteiger partial charge on any atom is 0.220 e. The number of oxazole rings is 1. The number of aryl methyl sites for hydroxylation is 1. The third-order valence-electron chi connectivity index (χ3n) is 5.45. The van der Waals surface area contributed by atoms with E-state index in [1.165, 1.54) is 25.8 Å². The molecule has 1 aliphatic rings. The van der Waals surface area contributed by atoms with Gasteiger partial charge in [-0.3, -0.25) is 4.79 Å². The molecule has 1 amide bonds. The van der Waals surface area contributed by atoms with Crippen molar-refractivity contribution in [2.24, 2.45) is 0 Å². The molecule has 2 aromatic rings. The Bertz CT molecular complexity index is 809. The summed E-state index contributed by atoms with van der Waals surface area (Å²) in [7, 11) is 0. The number of nitrogens with zero attached hydrogens (tertiary/aromatic N) is 2. The molecule has 1 saturated heterocycles. The van der Waals surface area contributed by atoms with E-state index >= 15 is 0 Å². The van der Waals surface area contributed by atoms with Gasteiger partial charge in [0, 0.05) is 36.0 Å². The highest BCUT2D eigenvalue weighted by atomic mass is 35.5. The van der Waals surface area contributed by atoms with Crippen molar-refractivity contribution in [3.63, 3.8) is 0 Å². The van der Waals surface area contributed by atoms with Crippen LogP contribution in [-0.4, -0.2) is 41.5 Å². The first kappa shape index (κ1) is 22.1. The fourth-order valence-corrected chi connectivity index (χ4v) is 4.21. The minimum Gasteiger partial charge on any atom is -0.441 e. The van der Waals surface area contributed by atoms with Crippen LogP contribution in [0.3, 0.4) is 0 Å². The van der Waals surface area contributed by atoms with E-state index in [9.17, 15) is 4.79 Å². The number of likely N-dealkylation sites (tertiary alicyclic amines) is 1. The second-order valence-corrected chi connectivity index (χ2v) is 8.52. The number of carbonyl (C=O) groups excluding carboxylic acids is 1. The fraction of sp³-hybridized carbons (Fsp3) is 0.545. The summed E-state index contributed by atoms with van der Waals surface area (Å²) in [6.45, 7) is 5.38. The molecule has 1 N–H and O–H groups in total. The molecule has 1 fully saturated rings. The van der Waals surface area contributed by atoms with Crippen molar-refractivity contribution < 1.29 is 9.21 Å². The first-order valence-corrected chi connectivity index (χ1v) is 11.2. The van der Waals surface area contributed by atoms with E-state index < -0.39 is 0 Å². The molecule has 7 heteroatoms. The topological polar surface area (TPSA) is 58.4 Å². The van der Waals surface area contributed by atoms with Crippen LogP contribution in [0.2, 0.25) is 10.0 Å². The van der Waals surface area contributed by atoms with Crippen LogP contribution in [-0.2, 0) is 11.2 Å². The average molecular weight is 438 g/mol. The minimum absolute atomic E-state index is 0.0283. The number of hydrogen-bond donors (Lipinski definition) is 1. The van der Waals surface area contributed by atoms with E-state index in [0.29, 0.717) is 40.6 Å². The number of piperidine rings is 1. The van der Waals surface area contributed by atoms with Gasteiger partial charge in [-0.15, -0.1) is 0 Å². The molecule has 1 unspecified atom stereocenters. The molecule has 29 heavy (non-hydrogen) atoms. The molecule has 5 nitrogen and oxygen atoms in total. The lowest BCUT2D eigenvalue weighted by molar-refractivity contribution is -0.121. The maximum atomic E-state index is 12.1. The molecule has 0 aliphatic carbocycles. The number of hydrogen-bond acceptors (Lipinski definition) is 4. The highest BCUT2D eigenvalue weighted by molar-refractivity contribution is 6.36. The molecule has 1 atom stereocenters. The van der Waals surface area contributed by atoms with Gasteiger partial charge in [0.2, 0.25) is 5.91 Å². The highest BCUT2D eigenvalue weighted by Crippen LogP contribution is 2.30. The molecular formula is C22H29Cl2N3O2. The van der Waals surface area contributed by atoms with Crippen molar-refractivity contribution in [1.82, 2.24) is 15.2 Å². The Labute approximate surface area is 182 Å². The Morgan fingerprint density at radius 1 is 1.31 bits per heavy atom. The number of nitrogens with one attached hydrogen (secondary N) is 1. The van der Waals surface area contributed by atoms with Crippen LogP contribution in [0.15, 0.2) is 28.8 Å². The number of carbonyl (C=O) groups is 1. The molecule has 1 aliphatic heterocycles. The SMILES string of the molecule is CC1CCCCN1CCCCNC(=O)CCc1ncc(-c2ccc(Cl)cc2Cl)o1. The van der Waals surface area contributed by atoms with Crippen molar-refractivity contribution in [3.8, 4) is 11.3 Å². The largest absolute Gasteiger partial charge is 0.441 e. The van der Waals surface area contributed by atoms with Crippen molar-refractivity contribution in [2.75, 3.05) is 19.6 Å². The normalized spacial score (nSPS) is 17.4. The Morgan fingerprint density at radius 3 is 2.97 bits per heavy atom. The Hall–Kier alpha value is -1.56. The molecule has 1 aromatic heterocycles. The minimum atomic E-state index is 0.0283. The zero-order valence-electron chi connectivity index (χ0n) is 16.9. The van der Waals surface area contributed by atoms with Gasteiger partial charge < -0.3 is 14.6 Å². The molecule has 0 spiro atoms. The summed E-state index contributed by atoms with van der Waals surface area (Å²) in [6, 6.07) is 5.92. The van der Waals surface area contributed by atoms with Crippen molar-refractivity contribution >= 4 is 29.1 Å². The monoisotopic (exact) mass is 437 g/mol. The Balaban J connectivity index is 1.34. The number of halogens is 2. The fourth-order valence-electron chi connectivity index (χ4n) is 3.71. The van der Waals surface area contributed by atoms with Crippen LogP contribution in [0, 0.1) is 0 Å². The third kappa shape index (κ3) is 6.73. The second-order valence-electron chi connectivity index (χ2n) is 7.68. The van der Waals surface area contributed by atoms with Gasteiger partial charge in [-0.2, -0.15) is 0 Å². The van der Waals surface area contributed by atoms with Crippen molar-refractivity contribution in [3.05, 3.63) is 40.3 Å². The lowest BCUT2D eigenvalue weighted by atomic mass is 10.0. The van der Waals surface area contributed by atoms with Crippen LogP contribution < -0.4 is 5.32 Å². The van der Waals surface area contributed by atoms with Gasteiger partial charge in [0.25, 0.3) is 0 Å². The lowest BCUT2D eigenvalue weighted by Gasteiger charge is -2.33. The number of amides is 1. The van der Waals surface area contributed by atoms with Gasteiger partial charge in [-0.25, -0.2) is 4.98 Å². The van der Waals surface area contributed by atoms with E-state index in [4.69, 9.17) is 27.6 Å². The standard InChI is InChI=1S/C22H29Cl2N3O2/c1-16-6-2-4-12-27(16)13-5-3-11-25-21(28)9-10-22-26-15-20(29-22)18-8-7-17(23)14-19(18)24/h7-8,14-16H,2-6,9-13H2,1H3,(H,25,28). The molecule has 0 saturated carbocycles. The highest BCUT2D eigenvalue weighted by Gasteiger charge is 2.17. The zero-order chi connectivity index (χ0) is 20.6. The summed E-state index contributed by atoms with van der Waals surface area (Å²) in [6.07, 6.45) is 8.55. The first-order valence-electron chi connectivity index (χ1n) is 10.4. The summed E-state index contributed by atoms with van der Waals surface area (Å²) >= 11 is 12.1. The molecule has 1 aromatic carbocycles. The smallest absolute Gasteiger partial charge is 0.220 e. The van der Waals surface area contributed by atoms with Gasteiger partial charge >= 0.3 is 0 Å². The van der Waals surface area contributed by atoms with Gasteiger partial charge in [0.15, 0.2) is 11.7 Å². The number of unbranched alkanes of at least 4 members (excludes halogenated alkanes) is 1. The summed E-state index contributed by atoms with van der Waals surface area (Å²) < 4.78 is 5.74.